The highest BCUT2D eigenvalue weighted by molar-refractivity contribution is 7.12. The maximum Gasteiger partial charge on any atom is 0.241 e. The highest BCUT2D eigenvalue weighted by Crippen LogP contribution is 2.30. The molecule has 1 amide bonds. The molecule has 0 radical (unpaired) electrons. The number of rotatable bonds is 4. The smallest absolute Gasteiger partial charge is 0.241 e. The number of nitrogens with zero attached hydrogens (tertiary/aromatic N) is 2. The van der Waals surface area contributed by atoms with Crippen molar-refractivity contribution in [3.05, 3.63) is 21.9 Å². The number of thiophene rings is 1. The molecule has 2 aliphatic rings. The van der Waals surface area contributed by atoms with Gasteiger partial charge in [-0.1, -0.05) is 6.42 Å². The Morgan fingerprint density at radius 3 is 2.67 bits per heavy atom. The molecule has 2 fully saturated rings. The number of hydrogen-bond acceptors (Lipinski definition) is 4. The van der Waals surface area contributed by atoms with Crippen LogP contribution in [-0.4, -0.2) is 47.9 Å². The molecule has 0 spiro atoms. The van der Waals surface area contributed by atoms with Gasteiger partial charge < -0.3 is 9.80 Å². The van der Waals surface area contributed by atoms with Gasteiger partial charge in [0.25, 0.3) is 0 Å². The average molecular weight is 307 g/mol. The minimum absolute atomic E-state index is 0.0657. The van der Waals surface area contributed by atoms with Gasteiger partial charge in [0, 0.05) is 22.8 Å². The summed E-state index contributed by atoms with van der Waals surface area (Å²) in [6.45, 7) is 8.30. The Bertz CT molecular complexity index is 495. The molecule has 1 N–H and O–H groups in total. The first kappa shape index (κ1) is 15.0. The molecule has 5 heteroatoms. The lowest BCUT2D eigenvalue weighted by Crippen LogP contribution is -2.40. The third-order valence-corrected chi connectivity index (χ3v) is 5.56. The van der Waals surface area contributed by atoms with Crippen LogP contribution in [0, 0.1) is 6.92 Å². The number of aryl methyl sites for hydroxylation is 1. The van der Waals surface area contributed by atoms with Crippen molar-refractivity contribution in [2.75, 3.05) is 26.2 Å². The van der Waals surface area contributed by atoms with Gasteiger partial charge in [0.15, 0.2) is 0 Å². The Hall–Kier alpha value is -0.910. The summed E-state index contributed by atoms with van der Waals surface area (Å²) < 4.78 is 0. The minimum atomic E-state index is -0.0706. The average Bonchev–Trinajstić information content (AvgIpc) is 3.03. The fourth-order valence-corrected chi connectivity index (χ4v) is 4.23. The van der Waals surface area contributed by atoms with Crippen molar-refractivity contribution in [3.63, 3.8) is 0 Å². The van der Waals surface area contributed by atoms with Gasteiger partial charge in [-0.25, -0.2) is 0 Å². The summed E-state index contributed by atoms with van der Waals surface area (Å²) in [6.07, 6.45) is 4.03. The monoisotopic (exact) mass is 307 g/mol. The van der Waals surface area contributed by atoms with Gasteiger partial charge in [0.1, 0.15) is 6.17 Å². The first-order valence-electron chi connectivity index (χ1n) is 8.00. The summed E-state index contributed by atoms with van der Waals surface area (Å²) in [5.74, 6) is 0.239. The van der Waals surface area contributed by atoms with Crippen molar-refractivity contribution < 1.29 is 4.79 Å². The molecule has 3 rings (SSSR count). The topological polar surface area (TPSA) is 35.6 Å². The molecule has 2 saturated heterocycles. The van der Waals surface area contributed by atoms with E-state index in [0.29, 0.717) is 0 Å². The molecule has 21 heavy (non-hydrogen) atoms. The predicted octanol–water partition coefficient (Wildman–Crippen LogP) is 2.36. The van der Waals surface area contributed by atoms with Crippen molar-refractivity contribution in [1.82, 2.24) is 15.1 Å². The van der Waals surface area contributed by atoms with E-state index in [-0.39, 0.29) is 18.1 Å². The Morgan fingerprint density at radius 2 is 2.00 bits per heavy atom. The molecule has 1 aromatic rings. The van der Waals surface area contributed by atoms with Crippen LogP contribution in [0.15, 0.2) is 12.1 Å². The number of likely N-dealkylation sites (tertiary alicyclic amines) is 1. The van der Waals surface area contributed by atoms with E-state index < -0.39 is 0 Å². The summed E-state index contributed by atoms with van der Waals surface area (Å²) >= 11 is 1.78. The maximum atomic E-state index is 12.4. The molecule has 1 aromatic heterocycles. The van der Waals surface area contributed by atoms with Crippen LogP contribution in [0.3, 0.4) is 0 Å². The second-order valence-corrected chi connectivity index (χ2v) is 7.49. The fourth-order valence-electron chi connectivity index (χ4n) is 3.28. The molecule has 2 unspecified atom stereocenters. The maximum absolute atomic E-state index is 12.4. The fraction of sp³-hybridized carbons (Fsp3) is 0.688. The molecule has 3 heterocycles. The van der Waals surface area contributed by atoms with Gasteiger partial charge in [0.05, 0.1) is 6.04 Å². The molecule has 0 aliphatic carbocycles. The molecule has 116 valence electrons. The van der Waals surface area contributed by atoms with Crippen LogP contribution in [0.4, 0.5) is 0 Å². The third kappa shape index (κ3) is 3.30. The van der Waals surface area contributed by atoms with Gasteiger partial charge in [-0.2, -0.15) is 0 Å². The second-order valence-electron chi connectivity index (χ2n) is 6.17. The van der Waals surface area contributed by atoms with E-state index in [9.17, 15) is 4.79 Å². The first-order valence-corrected chi connectivity index (χ1v) is 8.82. The zero-order chi connectivity index (χ0) is 14.8. The standard InChI is InChI=1S/C16H25N3OS/c1-12-6-7-14(21-12)15-17-13(2)16(20)19(15)11-10-18-8-4-3-5-9-18/h6-7,13,15,17H,3-5,8-11H2,1-2H3. The lowest BCUT2D eigenvalue weighted by molar-refractivity contribution is -0.130. The van der Waals surface area contributed by atoms with Crippen molar-refractivity contribution >= 4 is 17.2 Å². The first-order chi connectivity index (χ1) is 10.1. The highest BCUT2D eigenvalue weighted by atomic mass is 32.1. The van der Waals surface area contributed by atoms with E-state index in [2.05, 4.69) is 29.3 Å². The highest BCUT2D eigenvalue weighted by Gasteiger charge is 2.37. The van der Waals surface area contributed by atoms with Gasteiger partial charge >= 0.3 is 0 Å². The van der Waals surface area contributed by atoms with Gasteiger partial charge in [-0.15, -0.1) is 11.3 Å². The van der Waals surface area contributed by atoms with E-state index in [1.807, 2.05) is 11.8 Å². The number of amides is 1. The van der Waals surface area contributed by atoms with Crippen LogP contribution in [0.2, 0.25) is 0 Å². The summed E-state index contributed by atoms with van der Waals surface area (Å²) in [6, 6.07) is 4.22. The number of piperidine rings is 1. The van der Waals surface area contributed by atoms with Crippen LogP contribution >= 0.6 is 11.3 Å². The van der Waals surface area contributed by atoms with Gasteiger partial charge in [0.2, 0.25) is 5.91 Å². The molecule has 4 nitrogen and oxygen atoms in total. The van der Waals surface area contributed by atoms with E-state index in [1.54, 1.807) is 11.3 Å². The molecule has 2 aliphatic heterocycles. The summed E-state index contributed by atoms with van der Waals surface area (Å²) in [7, 11) is 0. The molecular weight excluding hydrogens is 282 g/mol. The number of hydrogen-bond donors (Lipinski definition) is 1. The Labute approximate surface area is 131 Å². The lowest BCUT2D eigenvalue weighted by Gasteiger charge is -2.30. The molecular formula is C16H25N3OS. The van der Waals surface area contributed by atoms with Crippen molar-refractivity contribution in [2.45, 2.75) is 45.3 Å². The van der Waals surface area contributed by atoms with Crippen LogP contribution < -0.4 is 5.32 Å². The van der Waals surface area contributed by atoms with E-state index in [0.717, 1.165) is 13.1 Å². The summed E-state index contributed by atoms with van der Waals surface area (Å²) in [5, 5.41) is 3.44. The number of carbonyl (C=O) groups is 1. The minimum Gasteiger partial charge on any atom is -0.319 e. The van der Waals surface area contributed by atoms with Gasteiger partial charge in [-0.3, -0.25) is 10.1 Å². The van der Waals surface area contributed by atoms with E-state index in [4.69, 9.17) is 0 Å². The Morgan fingerprint density at radius 1 is 1.24 bits per heavy atom. The lowest BCUT2D eigenvalue weighted by atomic mass is 10.1. The molecule has 2 atom stereocenters. The van der Waals surface area contributed by atoms with Crippen LogP contribution in [0.25, 0.3) is 0 Å². The van der Waals surface area contributed by atoms with Crippen LogP contribution in [0.5, 0.6) is 0 Å². The Kier molecular flexibility index (Phi) is 4.62. The van der Waals surface area contributed by atoms with E-state index in [1.165, 1.54) is 42.1 Å². The van der Waals surface area contributed by atoms with Crippen molar-refractivity contribution in [3.8, 4) is 0 Å². The zero-order valence-electron chi connectivity index (χ0n) is 13.0. The van der Waals surface area contributed by atoms with Crippen LogP contribution in [-0.2, 0) is 4.79 Å². The molecule has 0 aromatic carbocycles. The normalized spacial score (nSPS) is 27.5. The number of carbonyl (C=O) groups excluding carboxylic acids is 1. The van der Waals surface area contributed by atoms with E-state index >= 15 is 0 Å². The number of nitrogens with one attached hydrogen (secondary N) is 1. The SMILES string of the molecule is Cc1ccc(C2NC(C)C(=O)N2CCN2CCCCC2)s1. The second kappa shape index (κ2) is 6.46. The molecule has 0 saturated carbocycles. The quantitative estimate of drug-likeness (QED) is 0.927. The van der Waals surface area contributed by atoms with Crippen molar-refractivity contribution in [2.24, 2.45) is 0 Å². The zero-order valence-corrected chi connectivity index (χ0v) is 13.8. The predicted molar refractivity (Wildman–Crippen MR) is 86.4 cm³/mol. The summed E-state index contributed by atoms with van der Waals surface area (Å²) in [5.41, 5.74) is 0. The Balaban J connectivity index is 1.66. The molecule has 0 bridgehead atoms. The van der Waals surface area contributed by atoms with Gasteiger partial charge in [-0.05, 0) is 51.9 Å². The third-order valence-electron chi connectivity index (χ3n) is 4.51. The van der Waals surface area contributed by atoms with Crippen LogP contribution in [0.1, 0.15) is 42.1 Å². The van der Waals surface area contributed by atoms with Crippen molar-refractivity contribution in [1.29, 1.82) is 0 Å². The summed E-state index contributed by atoms with van der Waals surface area (Å²) in [4.78, 5) is 19.5. The largest absolute Gasteiger partial charge is 0.319 e.